The number of rotatable bonds is 2. The molecule has 2 N–H and O–H groups in total. The second kappa shape index (κ2) is 3.39. The number of hydrogen-bond donors (Lipinski definition) is 1. The third kappa shape index (κ3) is 1.94. The second-order valence-corrected chi connectivity index (χ2v) is 2.44. The molecule has 1 aromatic rings. The van der Waals surface area contributed by atoms with E-state index in [0.717, 1.165) is 12.1 Å². The van der Waals surface area contributed by atoms with Crippen LogP contribution in [0.25, 0.3) is 0 Å². The van der Waals surface area contributed by atoms with Crippen molar-refractivity contribution in [3.63, 3.8) is 0 Å². The number of nitrogens with two attached hydrogens (primary N) is 1. The van der Waals surface area contributed by atoms with E-state index in [0.29, 0.717) is 5.82 Å². The van der Waals surface area contributed by atoms with E-state index >= 15 is 0 Å². The van der Waals surface area contributed by atoms with Gasteiger partial charge in [0.15, 0.2) is 0 Å². The first-order valence-corrected chi connectivity index (χ1v) is 3.66. The molecular weight excluding hydrogens is 140 g/mol. The van der Waals surface area contributed by atoms with Crippen LogP contribution < -0.4 is 5.73 Å². The molecule has 0 radical (unpaired) electrons. The quantitative estimate of drug-likeness (QED) is 0.673. The van der Waals surface area contributed by atoms with Crippen LogP contribution in [-0.4, -0.2) is 15.2 Å². The molecule has 0 spiro atoms. The summed E-state index contributed by atoms with van der Waals surface area (Å²) in [6.07, 6.45) is 2.49. The lowest BCUT2D eigenvalue weighted by molar-refractivity contribution is 0.656. The summed E-state index contributed by atoms with van der Waals surface area (Å²) in [6, 6.07) is -0.0100. The molecule has 60 valence electrons. The van der Waals surface area contributed by atoms with E-state index in [1.165, 1.54) is 0 Å². The monoisotopic (exact) mass is 152 g/mol. The van der Waals surface area contributed by atoms with E-state index in [9.17, 15) is 0 Å². The molecule has 0 saturated carbocycles. The number of nitrogens with zero attached hydrogens (tertiary/aromatic N) is 3. The molecule has 0 bridgehead atoms. The second-order valence-electron chi connectivity index (χ2n) is 2.44. The third-order valence-electron chi connectivity index (χ3n) is 1.50. The zero-order chi connectivity index (χ0) is 8.27. The summed E-state index contributed by atoms with van der Waals surface area (Å²) >= 11 is 0. The van der Waals surface area contributed by atoms with Crippen molar-refractivity contribution in [2.24, 2.45) is 5.73 Å². The summed E-state index contributed by atoms with van der Waals surface area (Å²) in [5, 5.41) is 7.50. The van der Waals surface area contributed by atoms with Crippen molar-refractivity contribution in [1.29, 1.82) is 0 Å². The normalized spacial score (nSPS) is 13.0. The number of hydrogen-bond acceptors (Lipinski definition) is 4. The summed E-state index contributed by atoms with van der Waals surface area (Å²) < 4.78 is 0. The fourth-order valence-corrected chi connectivity index (χ4v) is 0.797. The lowest BCUT2D eigenvalue weighted by atomic mass is 10.2. The molecule has 4 nitrogen and oxygen atoms in total. The van der Waals surface area contributed by atoms with Crippen molar-refractivity contribution >= 4 is 0 Å². The largest absolute Gasteiger partial charge is 0.323 e. The Morgan fingerprint density at radius 2 is 2.36 bits per heavy atom. The summed E-state index contributed by atoms with van der Waals surface area (Å²) in [4.78, 5) is 4.15. The number of aromatic nitrogens is 3. The number of aryl methyl sites for hydroxylation is 1. The molecule has 0 aliphatic rings. The summed E-state index contributed by atoms with van der Waals surface area (Å²) in [5.74, 6) is 0.673. The van der Waals surface area contributed by atoms with Crippen LogP contribution in [0.3, 0.4) is 0 Å². The first-order chi connectivity index (χ1) is 5.24. The Morgan fingerprint density at radius 1 is 1.64 bits per heavy atom. The van der Waals surface area contributed by atoms with Gasteiger partial charge in [0.1, 0.15) is 5.82 Å². The molecule has 4 heteroatoms. The van der Waals surface area contributed by atoms with Crippen LogP contribution in [0.15, 0.2) is 6.20 Å². The van der Waals surface area contributed by atoms with Gasteiger partial charge in [-0.2, -0.15) is 5.10 Å². The summed E-state index contributed by atoms with van der Waals surface area (Å²) in [5.41, 5.74) is 6.55. The molecule has 1 atom stereocenters. The fraction of sp³-hybridized carbons (Fsp3) is 0.571. The molecule has 1 aromatic heterocycles. The molecule has 1 heterocycles. The Balaban J connectivity index is 2.86. The third-order valence-corrected chi connectivity index (χ3v) is 1.50. The van der Waals surface area contributed by atoms with E-state index in [2.05, 4.69) is 15.2 Å². The average molecular weight is 152 g/mol. The zero-order valence-corrected chi connectivity index (χ0v) is 6.78. The Labute approximate surface area is 65.9 Å². The molecule has 0 aliphatic carbocycles. The van der Waals surface area contributed by atoms with Crippen LogP contribution in [-0.2, 0) is 0 Å². The predicted molar refractivity (Wildman–Crippen MR) is 41.8 cm³/mol. The minimum Gasteiger partial charge on any atom is -0.323 e. The molecule has 0 saturated heterocycles. The van der Waals surface area contributed by atoms with Crippen molar-refractivity contribution in [2.75, 3.05) is 0 Å². The van der Waals surface area contributed by atoms with Crippen LogP contribution in [0.2, 0.25) is 0 Å². The molecule has 0 aromatic carbocycles. The van der Waals surface area contributed by atoms with Gasteiger partial charge >= 0.3 is 0 Å². The first-order valence-electron chi connectivity index (χ1n) is 3.66. The maximum Gasteiger partial charge on any atom is 0.148 e. The van der Waals surface area contributed by atoms with Gasteiger partial charge in [-0.05, 0) is 13.3 Å². The van der Waals surface area contributed by atoms with Crippen LogP contribution in [0.1, 0.15) is 30.9 Å². The molecule has 1 rings (SSSR count). The van der Waals surface area contributed by atoms with Gasteiger partial charge in [0.05, 0.1) is 11.9 Å². The predicted octanol–water partition coefficient (Wildman–Crippen LogP) is 0.590. The van der Waals surface area contributed by atoms with Gasteiger partial charge in [0.2, 0.25) is 0 Å². The summed E-state index contributed by atoms with van der Waals surface area (Å²) in [7, 11) is 0. The van der Waals surface area contributed by atoms with Crippen molar-refractivity contribution in [3.8, 4) is 0 Å². The van der Waals surface area contributed by atoms with E-state index < -0.39 is 0 Å². The highest BCUT2D eigenvalue weighted by molar-refractivity contribution is 5.00. The van der Waals surface area contributed by atoms with Crippen molar-refractivity contribution < 1.29 is 0 Å². The average Bonchev–Trinajstić information content (AvgIpc) is 2.03. The standard InChI is InChI=1S/C7H12N4/c1-3-6(8)7-4-9-11-5(2)10-7/h4,6H,3,8H2,1-2H3. The maximum atomic E-state index is 5.73. The minimum absolute atomic E-state index is 0.0100. The van der Waals surface area contributed by atoms with E-state index in [1.807, 2.05) is 6.92 Å². The van der Waals surface area contributed by atoms with Gasteiger partial charge in [-0.1, -0.05) is 6.92 Å². The van der Waals surface area contributed by atoms with Gasteiger partial charge in [-0.25, -0.2) is 4.98 Å². The Morgan fingerprint density at radius 3 is 2.91 bits per heavy atom. The SMILES string of the molecule is CCC(N)c1cnnc(C)n1. The Kier molecular flexibility index (Phi) is 2.48. The maximum absolute atomic E-state index is 5.73. The Bertz CT molecular complexity index is 236. The molecule has 1 unspecified atom stereocenters. The minimum atomic E-state index is -0.0100. The van der Waals surface area contributed by atoms with Crippen molar-refractivity contribution in [1.82, 2.24) is 15.2 Å². The van der Waals surface area contributed by atoms with E-state index in [-0.39, 0.29) is 6.04 Å². The molecular formula is C7H12N4. The molecule has 0 fully saturated rings. The zero-order valence-electron chi connectivity index (χ0n) is 6.78. The van der Waals surface area contributed by atoms with Crippen LogP contribution in [0, 0.1) is 6.92 Å². The van der Waals surface area contributed by atoms with E-state index in [4.69, 9.17) is 5.73 Å². The topological polar surface area (TPSA) is 64.7 Å². The van der Waals surface area contributed by atoms with Gasteiger partial charge in [-0.15, -0.1) is 5.10 Å². The Hall–Kier alpha value is -1.03. The van der Waals surface area contributed by atoms with Gasteiger partial charge in [0.25, 0.3) is 0 Å². The fourth-order valence-electron chi connectivity index (χ4n) is 0.797. The highest BCUT2D eigenvalue weighted by atomic mass is 15.1. The smallest absolute Gasteiger partial charge is 0.148 e. The van der Waals surface area contributed by atoms with Crippen LogP contribution >= 0.6 is 0 Å². The lowest BCUT2D eigenvalue weighted by Crippen LogP contribution is -2.12. The van der Waals surface area contributed by atoms with Gasteiger partial charge < -0.3 is 5.73 Å². The summed E-state index contributed by atoms with van der Waals surface area (Å²) in [6.45, 7) is 3.82. The van der Waals surface area contributed by atoms with Gasteiger partial charge in [0, 0.05) is 6.04 Å². The molecule has 0 amide bonds. The van der Waals surface area contributed by atoms with Crippen LogP contribution in [0.4, 0.5) is 0 Å². The highest BCUT2D eigenvalue weighted by Crippen LogP contribution is 2.07. The molecule has 0 aliphatic heterocycles. The molecule has 11 heavy (non-hydrogen) atoms. The highest BCUT2D eigenvalue weighted by Gasteiger charge is 2.04. The lowest BCUT2D eigenvalue weighted by Gasteiger charge is -2.05. The van der Waals surface area contributed by atoms with E-state index in [1.54, 1.807) is 13.1 Å². The van der Waals surface area contributed by atoms with Crippen molar-refractivity contribution in [3.05, 3.63) is 17.7 Å². The van der Waals surface area contributed by atoms with Gasteiger partial charge in [-0.3, -0.25) is 0 Å². The van der Waals surface area contributed by atoms with Crippen LogP contribution in [0.5, 0.6) is 0 Å². The van der Waals surface area contributed by atoms with Crippen molar-refractivity contribution in [2.45, 2.75) is 26.3 Å². The first kappa shape index (κ1) is 8.07.